The van der Waals surface area contributed by atoms with E-state index in [1.807, 2.05) is 18.2 Å². The second-order valence-corrected chi connectivity index (χ2v) is 4.15. The fourth-order valence-corrected chi connectivity index (χ4v) is 1.67. The Labute approximate surface area is 122 Å². The molecule has 4 nitrogen and oxygen atoms in total. The summed E-state index contributed by atoms with van der Waals surface area (Å²) in [4.78, 5) is 23.0. The van der Waals surface area contributed by atoms with Crippen LogP contribution >= 0.6 is 0 Å². The number of carbonyl (C=O) groups is 2. The van der Waals surface area contributed by atoms with Crippen molar-refractivity contribution >= 4 is 11.8 Å². The molecule has 0 heterocycles. The topological polar surface area (TPSA) is 52.6 Å². The quantitative estimate of drug-likeness (QED) is 0.354. The standard InChI is InChI=1S/C17H14O4/c1-2-16(18)21-12-20-15-10-8-14(9-11-15)17(19)13-6-4-3-5-7-13/h2-11H,1,12H2. The Hall–Kier alpha value is -2.88. The maximum Gasteiger partial charge on any atom is 0.333 e. The van der Waals surface area contributed by atoms with Crippen LogP contribution in [0.2, 0.25) is 0 Å². The van der Waals surface area contributed by atoms with Gasteiger partial charge in [0.1, 0.15) is 5.75 Å². The average Bonchev–Trinajstić information content (AvgIpc) is 2.55. The molecule has 0 aromatic heterocycles. The van der Waals surface area contributed by atoms with Gasteiger partial charge in [-0.1, -0.05) is 36.9 Å². The first-order valence-corrected chi connectivity index (χ1v) is 6.32. The molecule has 0 N–H and O–H groups in total. The molecule has 0 aliphatic heterocycles. The fraction of sp³-hybridized carbons (Fsp3) is 0.0588. The Morgan fingerprint density at radius 1 is 0.952 bits per heavy atom. The van der Waals surface area contributed by atoms with Gasteiger partial charge in [0, 0.05) is 17.2 Å². The van der Waals surface area contributed by atoms with E-state index in [0.29, 0.717) is 16.9 Å². The molecule has 0 amide bonds. The summed E-state index contributed by atoms with van der Waals surface area (Å²) < 4.78 is 9.91. The molecule has 0 spiro atoms. The Bertz CT molecular complexity index is 630. The van der Waals surface area contributed by atoms with Crippen LogP contribution in [0.15, 0.2) is 67.3 Å². The number of benzene rings is 2. The highest BCUT2D eigenvalue weighted by atomic mass is 16.7. The van der Waals surface area contributed by atoms with E-state index in [9.17, 15) is 9.59 Å². The molecular formula is C17H14O4. The molecule has 0 aliphatic rings. The van der Waals surface area contributed by atoms with Crippen molar-refractivity contribution in [3.05, 3.63) is 78.4 Å². The van der Waals surface area contributed by atoms with E-state index in [4.69, 9.17) is 9.47 Å². The molecular weight excluding hydrogens is 268 g/mol. The third kappa shape index (κ3) is 4.04. The zero-order valence-corrected chi connectivity index (χ0v) is 11.3. The van der Waals surface area contributed by atoms with E-state index in [2.05, 4.69) is 6.58 Å². The lowest BCUT2D eigenvalue weighted by atomic mass is 10.0. The minimum absolute atomic E-state index is 0.0553. The Balaban J connectivity index is 1.97. The van der Waals surface area contributed by atoms with Crippen molar-refractivity contribution in [1.82, 2.24) is 0 Å². The van der Waals surface area contributed by atoms with E-state index < -0.39 is 5.97 Å². The largest absolute Gasteiger partial charge is 0.457 e. The molecule has 21 heavy (non-hydrogen) atoms. The molecule has 0 fully saturated rings. The van der Waals surface area contributed by atoms with Crippen molar-refractivity contribution in [2.75, 3.05) is 6.79 Å². The smallest absolute Gasteiger partial charge is 0.333 e. The highest BCUT2D eigenvalue weighted by Crippen LogP contribution is 2.15. The van der Waals surface area contributed by atoms with Crippen LogP contribution in [-0.2, 0) is 9.53 Å². The molecule has 0 aliphatic carbocycles. The van der Waals surface area contributed by atoms with Gasteiger partial charge in [0.05, 0.1) is 0 Å². The molecule has 0 saturated carbocycles. The van der Waals surface area contributed by atoms with Crippen LogP contribution < -0.4 is 4.74 Å². The molecule has 0 radical (unpaired) electrons. The van der Waals surface area contributed by atoms with Crippen LogP contribution in [0.4, 0.5) is 0 Å². The summed E-state index contributed by atoms with van der Waals surface area (Å²) >= 11 is 0. The van der Waals surface area contributed by atoms with Crippen molar-refractivity contribution in [1.29, 1.82) is 0 Å². The van der Waals surface area contributed by atoms with Crippen LogP contribution in [0.3, 0.4) is 0 Å². The Kier molecular flexibility index (Phi) is 4.88. The molecule has 2 rings (SSSR count). The summed E-state index contributed by atoms with van der Waals surface area (Å²) in [7, 11) is 0. The lowest BCUT2D eigenvalue weighted by Gasteiger charge is -2.06. The van der Waals surface area contributed by atoms with E-state index >= 15 is 0 Å². The van der Waals surface area contributed by atoms with Gasteiger partial charge in [0.15, 0.2) is 5.78 Å². The van der Waals surface area contributed by atoms with Crippen molar-refractivity contribution in [3.63, 3.8) is 0 Å². The van der Waals surface area contributed by atoms with E-state index in [1.54, 1.807) is 36.4 Å². The SMILES string of the molecule is C=CC(=O)OCOc1ccc(C(=O)c2ccccc2)cc1. The normalized spacial score (nSPS) is 9.71. The fourth-order valence-electron chi connectivity index (χ4n) is 1.67. The van der Waals surface area contributed by atoms with Gasteiger partial charge >= 0.3 is 5.97 Å². The van der Waals surface area contributed by atoms with Gasteiger partial charge in [-0.2, -0.15) is 0 Å². The summed E-state index contributed by atoms with van der Waals surface area (Å²) in [6.45, 7) is 3.08. The average molecular weight is 282 g/mol. The van der Waals surface area contributed by atoms with Gasteiger partial charge in [-0.3, -0.25) is 4.79 Å². The maximum atomic E-state index is 12.2. The third-order valence-corrected chi connectivity index (χ3v) is 2.75. The van der Waals surface area contributed by atoms with Crippen LogP contribution in [0.5, 0.6) is 5.75 Å². The van der Waals surface area contributed by atoms with Crippen molar-refractivity contribution in [3.8, 4) is 5.75 Å². The number of hydrogen-bond donors (Lipinski definition) is 0. The minimum Gasteiger partial charge on any atom is -0.457 e. The van der Waals surface area contributed by atoms with Crippen molar-refractivity contribution in [2.24, 2.45) is 0 Å². The molecule has 0 saturated heterocycles. The van der Waals surface area contributed by atoms with Crippen molar-refractivity contribution in [2.45, 2.75) is 0 Å². The first kappa shape index (κ1) is 14.5. The summed E-state index contributed by atoms with van der Waals surface area (Å²) in [5, 5.41) is 0. The summed E-state index contributed by atoms with van der Waals surface area (Å²) in [5.74, 6) is -0.0948. The monoisotopic (exact) mass is 282 g/mol. The van der Waals surface area contributed by atoms with E-state index in [-0.39, 0.29) is 12.6 Å². The highest BCUT2D eigenvalue weighted by Gasteiger charge is 2.08. The number of carbonyl (C=O) groups excluding carboxylic acids is 2. The van der Waals surface area contributed by atoms with Gasteiger partial charge < -0.3 is 9.47 Å². The summed E-state index contributed by atoms with van der Waals surface area (Å²) in [6, 6.07) is 15.7. The molecule has 106 valence electrons. The predicted octanol–water partition coefficient (Wildman–Crippen LogP) is 2.98. The van der Waals surface area contributed by atoms with Crippen molar-refractivity contribution < 1.29 is 19.1 Å². The predicted molar refractivity (Wildman–Crippen MR) is 78.1 cm³/mol. The van der Waals surface area contributed by atoms with Gasteiger partial charge in [0.2, 0.25) is 6.79 Å². The number of hydrogen-bond acceptors (Lipinski definition) is 4. The molecule has 2 aromatic carbocycles. The molecule has 0 bridgehead atoms. The van der Waals surface area contributed by atoms with Gasteiger partial charge in [0.25, 0.3) is 0 Å². The number of ketones is 1. The number of rotatable bonds is 6. The molecule has 0 atom stereocenters. The van der Waals surface area contributed by atoms with Crippen LogP contribution in [0, 0.1) is 0 Å². The first-order valence-electron chi connectivity index (χ1n) is 6.32. The number of ether oxygens (including phenoxy) is 2. The lowest BCUT2D eigenvalue weighted by Crippen LogP contribution is -2.07. The first-order chi connectivity index (χ1) is 10.2. The Morgan fingerprint density at radius 3 is 2.19 bits per heavy atom. The zero-order chi connectivity index (χ0) is 15.1. The van der Waals surface area contributed by atoms with E-state index in [1.165, 1.54) is 0 Å². The summed E-state index contributed by atoms with van der Waals surface area (Å²) in [6.07, 6.45) is 1.06. The second-order valence-electron chi connectivity index (χ2n) is 4.15. The van der Waals surface area contributed by atoms with Gasteiger partial charge in [-0.15, -0.1) is 0 Å². The van der Waals surface area contributed by atoms with Crippen LogP contribution in [-0.4, -0.2) is 18.5 Å². The van der Waals surface area contributed by atoms with Gasteiger partial charge in [-0.05, 0) is 24.3 Å². The highest BCUT2D eigenvalue weighted by molar-refractivity contribution is 6.08. The molecule has 2 aromatic rings. The maximum absolute atomic E-state index is 12.2. The minimum atomic E-state index is -0.550. The second kappa shape index (κ2) is 7.05. The molecule has 4 heteroatoms. The zero-order valence-electron chi connectivity index (χ0n) is 11.3. The Morgan fingerprint density at radius 2 is 1.57 bits per heavy atom. The van der Waals surface area contributed by atoms with E-state index in [0.717, 1.165) is 6.08 Å². The van der Waals surface area contributed by atoms with Gasteiger partial charge in [-0.25, -0.2) is 4.79 Å². The molecule has 0 unspecified atom stereocenters. The summed E-state index contributed by atoms with van der Waals surface area (Å²) in [5.41, 5.74) is 1.20. The van der Waals surface area contributed by atoms with Crippen LogP contribution in [0.1, 0.15) is 15.9 Å². The lowest BCUT2D eigenvalue weighted by molar-refractivity contribution is -0.144. The third-order valence-electron chi connectivity index (χ3n) is 2.75. The van der Waals surface area contributed by atoms with Crippen LogP contribution in [0.25, 0.3) is 0 Å². The number of esters is 1.